The SMILES string of the molecule is CCCCN(Cc1ccccc1)c1ccc(NS(=O)(=O)c2c(C)cc(C)cc2C)cc1C(=O)O. The average molecular weight is 481 g/mol. The average Bonchev–Trinajstić information content (AvgIpc) is 2.76. The molecule has 0 aliphatic carbocycles. The summed E-state index contributed by atoms with van der Waals surface area (Å²) in [5.74, 6) is -1.10. The maximum absolute atomic E-state index is 13.2. The zero-order valence-corrected chi connectivity index (χ0v) is 20.9. The minimum Gasteiger partial charge on any atom is -0.478 e. The summed E-state index contributed by atoms with van der Waals surface area (Å²) in [6.07, 6.45) is 1.88. The lowest BCUT2D eigenvalue weighted by Gasteiger charge is -2.27. The summed E-state index contributed by atoms with van der Waals surface area (Å²) in [6.45, 7) is 8.78. The van der Waals surface area contributed by atoms with Gasteiger partial charge in [-0.1, -0.05) is 61.4 Å². The fourth-order valence-corrected chi connectivity index (χ4v) is 5.79. The van der Waals surface area contributed by atoms with E-state index < -0.39 is 16.0 Å². The number of rotatable bonds is 10. The van der Waals surface area contributed by atoms with Gasteiger partial charge in [-0.3, -0.25) is 4.72 Å². The molecule has 0 aliphatic rings. The molecule has 0 saturated heterocycles. The van der Waals surface area contributed by atoms with Crippen LogP contribution in [0, 0.1) is 20.8 Å². The molecule has 34 heavy (non-hydrogen) atoms. The Balaban J connectivity index is 1.98. The van der Waals surface area contributed by atoms with E-state index in [0.29, 0.717) is 29.9 Å². The highest BCUT2D eigenvalue weighted by atomic mass is 32.2. The van der Waals surface area contributed by atoms with Gasteiger partial charge in [0.15, 0.2) is 0 Å². The zero-order valence-electron chi connectivity index (χ0n) is 20.1. The third kappa shape index (κ3) is 5.97. The Kier molecular flexibility index (Phi) is 7.99. The van der Waals surface area contributed by atoms with Gasteiger partial charge in [-0.15, -0.1) is 0 Å². The first-order valence-corrected chi connectivity index (χ1v) is 12.9. The topological polar surface area (TPSA) is 86.7 Å². The quantitative estimate of drug-likeness (QED) is 0.376. The lowest BCUT2D eigenvalue weighted by molar-refractivity contribution is 0.0697. The predicted octanol–water partition coefficient (Wildman–Crippen LogP) is 5.92. The Morgan fingerprint density at radius 1 is 0.971 bits per heavy atom. The molecule has 3 rings (SSSR count). The summed E-state index contributed by atoms with van der Waals surface area (Å²) in [4.78, 5) is 14.4. The van der Waals surface area contributed by atoms with Gasteiger partial charge in [0.25, 0.3) is 10.0 Å². The molecule has 0 saturated carbocycles. The van der Waals surface area contributed by atoms with E-state index in [1.807, 2.05) is 54.3 Å². The summed E-state index contributed by atoms with van der Waals surface area (Å²) in [5, 5.41) is 9.96. The van der Waals surface area contributed by atoms with Gasteiger partial charge in [0.2, 0.25) is 0 Å². The molecule has 0 radical (unpaired) electrons. The fraction of sp³-hybridized carbons (Fsp3) is 0.296. The van der Waals surface area contributed by atoms with E-state index in [0.717, 1.165) is 24.0 Å². The fourth-order valence-electron chi connectivity index (χ4n) is 4.28. The summed E-state index contributed by atoms with van der Waals surface area (Å²) in [7, 11) is -3.89. The maximum Gasteiger partial charge on any atom is 0.337 e. The summed E-state index contributed by atoms with van der Waals surface area (Å²) in [6, 6.07) is 18.2. The highest BCUT2D eigenvalue weighted by Crippen LogP contribution is 2.29. The van der Waals surface area contributed by atoms with Crippen LogP contribution in [0.3, 0.4) is 0 Å². The molecule has 0 fully saturated rings. The molecule has 0 bridgehead atoms. The number of carbonyl (C=O) groups is 1. The van der Waals surface area contributed by atoms with Crippen LogP contribution in [0.5, 0.6) is 0 Å². The minimum atomic E-state index is -3.89. The van der Waals surface area contributed by atoms with Crippen LogP contribution in [0.4, 0.5) is 11.4 Å². The van der Waals surface area contributed by atoms with Crippen molar-refractivity contribution in [2.45, 2.75) is 52.0 Å². The number of hydrogen-bond donors (Lipinski definition) is 2. The highest BCUT2D eigenvalue weighted by molar-refractivity contribution is 7.92. The van der Waals surface area contributed by atoms with Gasteiger partial charge in [-0.25, -0.2) is 13.2 Å². The van der Waals surface area contributed by atoms with Crippen molar-refractivity contribution in [1.82, 2.24) is 0 Å². The summed E-state index contributed by atoms with van der Waals surface area (Å²) in [5.41, 5.74) is 4.19. The van der Waals surface area contributed by atoms with Gasteiger partial charge >= 0.3 is 5.97 Å². The van der Waals surface area contributed by atoms with Crippen LogP contribution >= 0.6 is 0 Å². The number of benzene rings is 3. The molecule has 3 aromatic rings. The largest absolute Gasteiger partial charge is 0.478 e. The molecule has 0 atom stereocenters. The molecular formula is C27H32N2O4S. The van der Waals surface area contributed by atoms with E-state index in [-0.39, 0.29) is 16.1 Å². The van der Waals surface area contributed by atoms with Crippen molar-refractivity contribution >= 4 is 27.4 Å². The van der Waals surface area contributed by atoms with Gasteiger partial charge in [-0.05, 0) is 62.1 Å². The standard InChI is InChI=1S/C27H32N2O4S/c1-5-6-14-29(18-22-10-8-7-9-11-22)25-13-12-23(17-24(25)27(30)31)28-34(32,33)26-20(3)15-19(2)16-21(26)4/h7-13,15-17,28H,5-6,14,18H2,1-4H3,(H,30,31). The van der Waals surface area contributed by atoms with Crippen LogP contribution in [-0.2, 0) is 16.6 Å². The molecule has 7 heteroatoms. The second-order valence-electron chi connectivity index (χ2n) is 8.63. The van der Waals surface area contributed by atoms with Crippen LogP contribution in [0.15, 0.2) is 65.6 Å². The van der Waals surface area contributed by atoms with Crippen LogP contribution in [0.2, 0.25) is 0 Å². The molecule has 0 heterocycles. The number of anilines is 2. The third-order valence-corrected chi connectivity index (χ3v) is 7.38. The second-order valence-corrected chi connectivity index (χ2v) is 10.3. The molecule has 0 unspecified atom stereocenters. The van der Waals surface area contributed by atoms with Gasteiger partial charge in [0.05, 0.1) is 16.1 Å². The number of hydrogen-bond acceptors (Lipinski definition) is 4. The minimum absolute atomic E-state index is 0.0598. The van der Waals surface area contributed by atoms with Gasteiger partial charge in [-0.2, -0.15) is 0 Å². The van der Waals surface area contributed by atoms with Crippen molar-refractivity contribution in [1.29, 1.82) is 0 Å². The molecule has 3 aromatic carbocycles. The summed E-state index contributed by atoms with van der Waals surface area (Å²) < 4.78 is 28.9. The van der Waals surface area contributed by atoms with Crippen molar-refractivity contribution in [3.63, 3.8) is 0 Å². The zero-order chi connectivity index (χ0) is 24.9. The molecule has 0 spiro atoms. The van der Waals surface area contributed by atoms with Crippen molar-refractivity contribution < 1.29 is 18.3 Å². The van der Waals surface area contributed by atoms with E-state index in [9.17, 15) is 18.3 Å². The van der Waals surface area contributed by atoms with Crippen LogP contribution in [-0.4, -0.2) is 26.0 Å². The molecule has 0 aliphatic heterocycles. The lowest BCUT2D eigenvalue weighted by atomic mass is 10.1. The van der Waals surface area contributed by atoms with Gasteiger partial charge in [0, 0.05) is 18.8 Å². The molecular weight excluding hydrogens is 448 g/mol. The Morgan fingerprint density at radius 2 is 1.62 bits per heavy atom. The second kappa shape index (κ2) is 10.7. The molecule has 2 N–H and O–H groups in total. The number of carboxylic acids is 1. The van der Waals surface area contributed by atoms with Crippen molar-refractivity contribution in [2.75, 3.05) is 16.2 Å². The summed E-state index contributed by atoms with van der Waals surface area (Å²) >= 11 is 0. The molecule has 0 aromatic heterocycles. The van der Waals surface area contributed by atoms with Crippen LogP contribution in [0.25, 0.3) is 0 Å². The first kappa shape index (κ1) is 25.3. The maximum atomic E-state index is 13.2. The Hall–Kier alpha value is -3.32. The van der Waals surface area contributed by atoms with E-state index in [2.05, 4.69) is 11.6 Å². The number of sulfonamides is 1. The molecule has 6 nitrogen and oxygen atoms in total. The number of aryl methyl sites for hydroxylation is 3. The van der Waals surface area contributed by atoms with Crippen LogP contribution in [0.1, 0.15) is 52.4 Å². The smallest absolute Gasteiger partial charge is 0.337 e. The number of nitrogens with zero attached hydrogens (tertiary/aromatic N) is 1. The third-order valence-electron chi connectivity index (χ3n) is 5.69. The predicted molar refractivity (Wildman–Crippen MR) is 137 cm³/mol. The first-order chi connectivity index (χ1) is 16.1. The number of aromatic carboxylic acids is 1. The lowest BCUT2D eigenvalue weighted by Crippen LogP contribution is -2.26. The van der Waals surface area contributed by atoms with Crippen molar-refractivity contribution in [3.8, 4) is 0 Å². The normalized spacial score (nSPS) is 11.3. The Labute approximate surface area is 202 Å². The Bertz CT molecular complexity index is 1250. The van der Waals surface area contributed by atoms with E-state index in [1.54, 1.807) is 26.0 Å². The monoisotopic (exact) mass is 480 g/mol. The number of nitrogens with one attached hydrogen (secondary N) is 1. The molecule has 0 amide bonds. The Morgan fingerprint density at radius 3 is 2.21 bits per heavy atom. The van der Waals surface area contributed by atoms with E-state index >= 15 is 0 Å². The van der Waals surface area contributed by atoms with Crippen molar-refractivity contribution in [2.24, 2.45) is 0 Å². The highest BCUT2D eigenvalue weighted by Gasteiger charge is 2.22. The number of unbranched alkanes of at least 4 members (excludes halogenated alkanes) is 1. The molecule has 180 valence electrons. The van der Waals surface area contributed by atoms with Gasteiger partial charge in [0.1, 0.15) is 0 Å². The van der Waals surface area contributed by atoms with Gasteiger partial charge < -0.3 is 10.0 Å². The van der Waals surface area contributed by atoms with Crippen molar-refractivity contribution in [3.05, 3.63) is 88.5 Å². The first-order valence-electron chi connectivity index (χ1n) is 11.4. The van der Waals surface area contributed by atoms with E-state index in [1.165, 1.54) is 6.07 Å². The van der Waals surface area contributed by atoms with E-state index in [4.69, 9.17) is 0 Å². The van der Waals surface area contributed by atoms with Crippen LogP contribution < -0.4 is 9.62 Å². The number of carboxylic acid groups (broad SMARTS) is 1.